The van der Waals surface area contributed by atoms with Crippen LogP contribution in [0.4, 0.5) is 9.59 Å². The number of hydrogen-bond acceptors (Lipinski definition) is 29. The molecule has 44 heteroatoms. The van der Waals surface area contributed by atoms with Crippen LogP contribution in [0.1, 0.15) is 118 Å². The topological polar surface area (TPSA) is 591 Å². The molecule has 0 bridgehead atoms. The molecule has 42 nitrogen and oxygen atoms in total. The first-order chi connectivity index (χ1) is 61.3. The fourth-order valence-corrected chi connectivity index (χ4v) is 15.3. The van der Waals surface area contributed by atoms with Crippen LogP contribution < -0.4 is 31.9 Å². The van der Waals surface area contributed by atoms with Gasteiger partial charge in [0.15, 0.2) is 19.7 Å². The minimum atomic E-state index is -3.59. The summed E-state index contributed by atoms with van der Waals surface area (Å²) in [4.78, 5) is 173. The van der Waals surface area contributed by atoms with E-state index in [0.29, 0.717) is 18.4 Å². The van der Waals surface area contributed by atoms with Gasteiger partial charge in [0.2, 0.25) is 23.6 Å². The van der Waals surface area contributed by atoms with E-state index >= 15 is 0 Å². The number of aliphatic carboxylic acids is 7. The van der Waals surface area contributed by atoms with Gasteiger partial charge in [0.05, 0.1) is 141 Å². The molecule has 4 rings (SSSR count). The highest BCUT2D eigenvalue weighted by atomic mass is 32.2. The predicted molar refractivity (Wildman–Crippen MR) is 466 cm³/mol. The molecule has 2 aromatic rings. The average molecular weight is 1870 g/mol. The van der Waals surface area contributed by atoms with Gasteiger partial charge >= 0.3 is 54.0 Å². The molecule has 0 saturated carbocycles. The molecule has 2 aliphatic rings. The monoisotopic (exact) mass is 1870 g/mol. The first-order valence-corrected chi connectivity index (χ1v) is 46.5. The van der Waals surface area contributed by atoms with Crippen LogP contribution in [0.25, 0.3) is 0 Å². The van der Waals surface area contributed by atoms with E-state index in [1.54, 1.807) is 40.4 Å². The summed E-state index contributed by atoms with van der Waals surface area (Å²) in [7, 11) is -7.18. The number of alkyl carbamates (subject to hydrolysis) is 2. The molecule has 1 aliphatic heterocycles. The molecular weight excluding hydrogens is 1740 g/mol. The van der Waals surface area contributed by atoms with Crippen LogP contribution in [0.15, 0.2) is 60.4 Å². The molecule has 0 aromatic heterocycles. The smallest absolute Gasteiger partial charge is 0.407 e. The first kappa shape index (κ1) is 111. The van der Waals surface area contributed by atoms with Gasteiger partial charge in [0.25, 0.3) is 0 Å². The third-order valence-electron chi connectivity index (χ3n) is 21.7. The summed E-state index contributed by atoms with van der Waals surface area (Å²) in [6, 6.07) is 11.4. The van der Waals surface area contributed by atoms with E-state index in [2.05, 4.69) is 45.1 Å². The van der Waals surface area contributed by atoms with Crippen LogP contribution in [0.5, 0.6) is 0 Å². The maximum absolute atomic E-state index is 14.9. The summed E-state index contributed by atoms with van der Waals surface area (Å²) in [6.45, 7) is 12.5. The van der Waals surface area contributed by atoms with Gasteiger partial charge in [-0.2, -0.15) is 0 Å². The van der Waals surface area contributed by atoms with E-state index < -0.39 is 170 Å². The Morgan fingerprint density at radius 3 is 0.977 bits per heavy atom. The van der Waals surface area contributed by atoms with Crippen molar-refractivity contribution < 1.29 is 153 Å². The van der Waals surface area contributed by atoms with Gasteiger partial charge in [-0.05, 0) is 103 Å². The van der Waals surface area contributed by atoms with Crippen molar-refractivity contribution in [1.29, 1.82) is 0 Å². The molecule has 13 N–H and O–H groups in total. The fraction of sp³-hybridized carbons (Fsp3) is 0.659. The second-order valence-corrected chi connectivity index (χ2v) is 36.0. The number of nitrogens with zero attached hydrogens (tertiary/aromatic N) is 4. The van der Waals surface area contributed by atoms with Gasteiger partial charge in [0, 0.05) is 120 Å². The second kappa shape index (κ2) is 60.9. The number of benzene rings is 2. The van der Waals surface area contributed by atoms with Gasteiger partial charge < -0.3 is 106 Å². The summed E-state index contributed by atoms with van der Waals surface area (Å²) in [5, 5.41) is 87.5. The lowest BCUT2D eigenvalue weighted by Gasteiger charge is -2.32. The van der Waals surface area contributed by atoms with Gasteiger partial charge in [-0.1, -0.05) is 77.3 Å². The van der Waals surface area contributed by atoms with Crippen LogP contribution in [0, 0.1) is 41.4 Å². The number of carboxylic acid groups (broad SMARTS) is 7. The molecule has 1 fully saturated rings. The Morgan fingerprint density at radius 1 is 0.349 bits per heavy atom. The van der Waals surface area contributed by atoms with Crippen molar-refractivity contribution >= 4 is 97.3 Å². The maximum Gasteiger partial charge on any atom is 0.407 e. The lowest BCUT2D eigenvalue weighted by molar-refractivity contribution is -0.144. The molecule has 6 amide bonds. The number of amides is 6. The zero-order valence-electron chi connectivity index (χ0n) is 74.1. The number of sulfone groups is 2. The van der Waals surface area contributed by atoms with E-state index in [9.17, 15) is 115 Å². The van der Waals surface area contributed by atoms with Crippen LogP contribution in [-0.2, 0) is 123 Å². The van der Waals surface area contributed by atoms with Crippen LogP contribution >= 0.6 is 0 Å². The Kier molecular flexibility index (Phi) is 52.6. The predicted octanol–water partition coefficient (Wildman–Crippen LogP) is 1.42. The van der Waals surface area contributed by atoms with Gasteiger partial charge in [-0.15, -0.1) is 0 Å². The van der Waals surface area contributed by atoms with Crippen molar-refractivity contribution in [2.24, 2.45) is 41.4 Å². The summed E-state index contributed by atoms with van der Waals surface area (Å²) in [6.07, 6.45) is -1.58. The maximum atomic E-state index is 14.9. The zero-order valence-corrected chi connectivity index (χ0v) is 75.7. The summed E-state index contributed by atoms with van der Waals surface area (Å²) < 4.78 is 90.1. The van der Waals surface area contributed by atoms with E-state index in [-0.39, 0.29) is 247 Å². The van der Waals surface area contributed by atoms with E-state index in [4.69, 9.17) is 37.9 Å². The third kappa shape index (κ3) is 47.5. The van der Waals surface area contributed by atoms with Crippen molar-refractivity contribution in [3.05, 3.63) is 93.8 Å². The molecular formula is C85H132N10O32S2. The quantitative estimate of drug-likeness (QED) is 0.0355. The highest BCUT2D eigenvalue weighted by Gasteiger charge is 2.37. The number of carbonyl (C=O) groups excluding carboxylic acids is 6. The molecule has 129 heavy (non-hydrogen) atoms. The van der Waals surface area contributed by atoms with Crippen molar-refractivity contribution in [2.45, 2.75) is 97.3 Å². The SMILES string of the molecule is C=CS(=O)(=O)CCOC(=O)NCCOCCOCCNC(=O)C(CC(C)C(=O)NCCOCCOCCNC(=O)CN1CCN(CC(=O)O)CCN(CC(=O)O)CCN(CC(=O)O)CC1)CC(CC(CC(CC(C)C(=O)O)c1ccc2c(c1)Cc1ccc(C(CC(C)C(=O)O)CC(C)C(=O)O)cc1C2)C(=O)O)C(=O)NCCOCCOCCNC(=O)OCCS(=O)(=O)C=C. The Bertz CT molecular complexity index is 4130. The number of carboxylic acids is 7. The Morgan fingerprint density at radius 2 is 0.651 bits per heavy atom. The van der Waals surface area contributed by atoms with E-state index in [0.717, 1.165) is 38.6 Å². The molecule has 1 heterocycles. The van der Waals surface area contributed by atoms with Crippen molar-refractivity contribution in [2.75, 3.05) is 222 Å². The molecule has 0 spiro atoms. The lowest BCUT2D eigenvalue weighted by Crippen LogP contribution is -2.50. The molecule has 726 valence electrons. The molecule has 0 radical (unpaired) electrons. The number of rotatable bonds is 66. The largest absolute Gasteiger partial charge is 0.481 e. The molecule has 8 atom stereocenters. The zero-order chi connectivity index (χ0) is 95.4. The lowest BCUT2D eigenvalue weighted by atomic mass is 9.76. The minimum absolute atomic E-state index is 0.0000572. The highest BCUT2D eigenvalue weighted by molar-refractivity contribution is 7.94. The average Bonchev–Trinajstić information content (AvgIpc) is 0.779. The normalized spacial score (nSPS) is 15.8. The van der Waals surface area contributed by atoms with Crippen LogP contribution in [-0.4, -0.2) is 372 Å². The molecule has 1 aliphatic carbocycles. The fourth-order valence-electron chi connectivity index (χ4n) is 14.4. The standard InChI is InChI=1S/C85H132N10O32S2/c1-7-128(116,117)41-39-126-84(114)90-17-31-124-37-35-122-29-15-88-78(104)70(43-58(3)77(103)87-14-28-121-34-33-120-27-13-86-73(96)54-92-19-21-93(55-74(97)98)23-25-95(57-76(101)102)26-24-94(22-20-92)56-75(99)100)52-71(79(105)89-16-30-123-36-38-125-32-18-91-85(115)127-40-42-129(118,119)8-2)53-72(83(112)113)51-67(46-61(6)82(110)111)63-10-12-65-49-68-47-62(9-11-64(68)50-69(65)48-63)66(44-59(4)80(106)107)45-60(5)81(108)109/h7-12,47-48,58-61,66-67,70-72H,1-2,13-46,49-57H2,3-6H3,(H,86,96)(H,87,103)(H,88,104)(H,89,105)(H,90,114)(H,91,115)(H,97,98)(H,99,100)(H,101,102)(H,106,107)(H,108,109)(H,110,111)(H,112,113). The Labute approximate surface area is 752 Å². The van der Waals surface area contributed by atoms with E-state index in [1.165, 1.54) is 6.92 Å². The Balaban J connectivity index is 1.53. The third-order valence-corrected chi connectivity index (χ3v) is 24.2. The van der Waals surface area contributed by atoms with Crippen LogP contribution in [0.2, 0.25) is 0 Å². The first-order valence-electron chi connectivity index (χ1n) is 43.0. The number of carbonyl (C=O) groups is 13. The summed E-state index contributed by atoms with van der Waals surface area (Å²) in [5.74, 6) is -19.2. The van der Waals surface area contributed by atoms with Crippen molar-refractivity contribution in [3.8, 4) is 0 Å². The van der Waals surface area contributed by atoms with Gasteiger partial charge in [-0.3, -0.25) is 72.3 Å². The number of hydrogen-bond donors (Lipinski definition) is 13. The number of ether oxygens (including phenoxy) is 8. The van der Waals surface area contributed by atoms with Gasteiger partial charge in [-0.25, -0.2) is 26.4 Å². The van der Waals surface area contributed by atoms with Crippen LogP contribution in [0.3, 0.4) is 0 Å². The molecule has 2 aromatic carbocycles. The highest BCUT2D eigenvalue weighted by Crippen LogP contribution is 2.40. The molecule has 1 saturated heterocycles. The van der Waals surface area contributed by atoms with Crippen molar-refractivity contribution in [1.82, 2.24) is 51.5 Å². The van der Waals surface area contributed by atoms with Gasteiger partial charge in [0.1, 0.15) is 13.2 Å². The summed E-state index contributed by atoms with van der Waals surface area (Å²) >= 11 is 0. The molecule has 8 unspecified atom stereocenters. The summed E-state index contributed by atoms with van der Waals surface area (Å²) in [5.41, 5.74) is 5.12. The second-order valence-electron chi connectivity index (χ2n) is 31.9. The number of fused-ring (bicyclic) bond motifs is 2. The number of nitrogens with one attached hydrogen (secondary N) is 6. The van der Waals surface area contributed by atoms with Crippen molar-refractivity contribution in [3.63, 3.8) is 0 Å². The minimum Gasteiger partial charge on any atom is -0.481 e. The Hall–Kier alpha value is -9.87. The van der Waals surface area contributed by atoms with E-state index in [1.807, 2.05) is 36.4 Å².